The van der Waals surface area contributed by atoms with Gasteiger partial charge in [-0.15, -0.1) is 0 Å². The average molecular weight is 205 g/mol. The second-order valence-corrected chi connectivity index (χ2v) is 4.88. The molecule has 0 aliphatic carbocycles. The van der Waals surface area contributed by atoms with Crippen molar-refractivity contribution in [3.8, 4) is 0 Å². The summed E-state index contributed by atoms with van der Waals surface area (Å²) in [4.78, 5) is 0. The summed E-state index contributed by atoms with van der Waals surface area (Å²) in [6.45, 7) is 3.87. The second-order valence-electron chi connectivity index (χ2n) is 4.88. The van der Waals surface area contributed by atoms with E-state index in [-0.39, 0.29) is 0 Å². The van der Waals surface area contributed by atoms with Crippen LogP contribution in [0.5, 0.6) is 0 Å². The zero-order valence-electron chi connectivity index (χ0n) is 9.79. The highest BCUT2D eigenvalue weighted by atomic mass is 15.3. The quantitative estimate of drug-likeness (QED) is 0.747. The van der Waals surface area contributed by atoms with Crippen molar-refractivity contribution in [3.05, 3.63) is 29.8 Å². The van der Waals surface area contributed by atoms with Gasteiger partial charge in [-0.1, -0.05) is 12.1 Å². The van der Waals surface area contributed by atoms with Crippen molar-refractivity contribution in [3.63, 3.8) is 0 Å². The SMILES string of the molecule is CNc1ccc(C[N+]2(C)CCCC2)cc1. The number of hydrogen-bond acceptors (Lipinski definition) is 1. The summed E-state index contributed by atoms with van der Waals surface area (Å²) in [7, 11) is 4.34. The molecule has 2 heteroatoms. The fourth-order valence-corrected chi connectivity index (χ4v) is 2.47. The molecule has 2 nitrogen and oxygen atoms in total. The van der Waals surface area contributed by atoms with Crippen molar-refractivity contribution in [1.29, 1.82) is 0 Å². The van der Waals surface area contributed by atoms with Crippen LogP contribution >= 0.6 is 0 Å². The molecule has 0 aromatic heterocycles. The van der Waals surface area contributed by atoms with Crippen LogP contribution < -0.4 is 5.32 Å². The van der Waals surface area contributed by atoms with Crippen LogP contribution in [0.3, 0.4) is 0 Å². The average Bonchev–Trinajstić information content (AvgIpc) is 2.66. The van der Waals surface area contributed by atoms with Gasteiger partial charge in [0.1, 0.15) is 6.54 Å². The maximum atomic E-state index is 3.15. The molecule has 1 aliphatic rings. The van der Waals surface area contributed by atoms with Gasteiger partial charge in [0, 0.05) is 31.1 Å². The van der Waals surface area contributed by atoms with Gasteiger partial charge in [0.2, 0.25) is 0 Å². The van der Waals surface area contributed by atoms with Crippen molar-refractivity contribution < 1.29 is 4.48 Å². The summed E-state index contributed by atoms with van der Waals surface area (Å²) in [6.07, 6.45) is 2.79. The van der Waals surface area contributed by atoms with Gasteiger partial charge in [0.25, 0.3) is 0 Å². The first-order chi connectivity index (χ1) is 7.22. The molecule has 1 aliphatic heterocycles. The standard InChI is InChI=1S/C13H21N2/c1-14-13-7-5-12(6-8-13)11-15(2)9-3-4-10-15/h5-8,14H,3-4,9-11H2,1-2H3/q+1. The molecule has 2 rings (SSSR count). The number of likely N-dealkylation sites (tertiary alicyclic amines) is 1. The molecule has 0 bridgehead atoms. The highest BCUT2D eigenvalue weighted by Gasteiger charge is 2.26. The van der Waals surface area contributed by atoms with E-state index in [2.05, 4.69) is 36.6 Å². The Morgan fingerprint density at radius 2 is 1.73 bits per heavy atom. The predicted octanol–water partition coefficient (Wildman–Crippen LogP) is 2.47. The highest BCUT2D eigenvalue weighted by molar-refractivity contribution is 5.43. The fraction of sp³-hybridized carbons (Fsp3) is 0.538. The first-order valence-electron chi connectivity index (χ1n) is 5.82. The Morgan fingerprint density at radius 1 is 1.13 bits per heavy atom. The van der Waals surface area contributed by atoms with Crippen molar-refractivity contribution in [2.75, 3.05) is 32.5 Å². The van der Waals surface area contributed by atoms with Gasteiger partial charge in [-0.3, -0.25) is 0 Å². The molecule has 1 N–H and O–H groups in total. The van der Waals surface area contributed by atoms with E-state index in [4.69, 9.17) is 0 Å². The van der Waals surface area contributed by atoms with Gasteiger partial charge >= 0.3 is 0 Å². The molecule has 1 fully saturated rings. The third-order valence-electron chi connectivity index (χ3n) is 3.45. The van der Waals surface area contributed by atoms with E-state index in [1.807, 2.05) is 7.05 Å². The van der Waals surface area contributed by atoms with E-state index in [9.17, 15) is 0 Å². The summed E-state index contributed by atoms with van der Waals surface area (Å²) in [5.74, 6) is 0. The van der Waals surface area contributed by atoms with E-state index in [0.717, 1.165) is 0 Å². The summed E-state index contributed by atoms with van der Waals surface area (Å²) in [5.41, 5.74) is 2.65. The monoisotopic (exact) mass is 205 g/mol. The maximum absolute atomic E-state index is 3.15. The van der Waals surface area contributed by atoms with Gasteiger partial charge in [0.05, 0.1) is 20.1 Å². The highest BCUT2D eigenvalue weighted by Crippen LogP contribution is 2.21. The van der Waals surface area contributed by atoms with E-state index in [1.165, 1.54) is 48.2 Å². The van der Waals surface area contributed by atoms with Gasteiger partial charge in [0.15, 0.2) is 0 Å². The van der Waals surface area contributed by atoms with Crippen LogP contribution in [0.4, 0.5) is 5.69 Å². The summed E-state index contributed by atoms with van der Waals surface area (Å²) in [5, 5.41) is 3.15. The lowest BCUT2D eigenvalue weighted by Gasteiger charge is -2.29. The molecule has 0 amide bonds. The third kappa shape index (κ3) is 2.51. The fourth-order valence-electron chi connectivity index (χ4n) is 2.47. The molecule has 15 heavy (non-hydrogen) atoms. The van der Waals surface area contributed by atoms with Gasteiger partial charge in [-0.25, -0.2) is 0 Å². The van der Waals surface area contributed by atoms with Crippen LogP contribution in [0.15, 0.2) is 24.3 Å². The Kier molecular flexibility index (Phi) is 2.96. The number of anilines is 1. The van der Waals surface area contributed by atoms with Crippen LogP contribution in [0.25, 0.3) is 0 Å². The summed E-state index contributed by atoms with van der Waals surface area (Å²) < 4.78 is 1.22. The van der Waals surface area contributed by atoms with E-state index >= 15 is 0 Å². The molecule has 1 heterocycles. The Balaban J connectivity index is 2.04. The summed E-state index contributed by atoms with van der Waals surface area (Å²) in [6, 6.07) is 8.82. The Labute approximate surface area is 92.5 Å². The van der Waals surface area contributed by atoms with E-state index in [1.54, 1.807) is 0 Å². The van der Waals surface area contributed by atoms with E-state index < -0.39 is 0 Å². The predicted molar refractivity (Wildman–Crippen MR) is 64.8 cm³/mol. The molecule has 82 valence electrons. The van der Waals surface area contributed by atoms with Crippen LogP contribution in [0, 0.1) is 0 Å². The van der Waals surface area contributed by atoms with Crippen LogP contribution in [0.2, 0.25) is 0 Å². The zero-order chi connectivity index (χ0) is 10.7. The van der Waals surface area contributed by atoms with Crippen molar-refractivity contribution in [2.45, 2.75) is 19.4 Å². The number of rotatable bonds is 3. The van der Waals surface area contributed by atoms with Gasteiger partial charge < -0.3 is 9.80 Å². The zero-order valence-corrected chi connectivity index (χ0v) is 9.79. The van der Waals surface area contributed by atoms with Gasteiger partial charge in [-0.05, 0) is 12.1 Å². The smallest absolute Gasteiger partial charge is 0.104 e. The molecular formula is C13H21N2+. The minimum absolute atomic E-state index is 1.18. The topological polar surface area (TPSA) is 12.0 Å². The molecule has 1 aromatic carbocycles. The number of hydrogen-bond donors (Lipinski definition) is 1. The van der Waals surface area contributed by atoms with Crippen molar-refractivity contribution >= 4 is 5.69 Å². The molecule has 1 aromatic rings. The largest absolute Gasteiger partial charge is 0.388 e. The number of nitrogens with zero attached hydrogens (tertiary/aromatic N) is 1. The Bertz CT molecular complexity index is 310. The minimum Gasteiger partial charge on any atom is -0.388 e. The number of nitrogens with one attached hydrogen (secondary N) is 1. The molecule has 0 saturated carbocycles. The van der Waals surface area contributed by atoms with Crippen LogP contribution in [-0.2, 0) is 6.54 Å². The lowest BCUT2D eigenvalue weighted by Crippen LogP contribution is -2.39. The molecule has 1 saturated heterocycles. The Morgan fingerprint density at radius 3 is 2.27 bits per heavy atom. The first kappa shape index (κ1) is 10.5. The number of benzene rings is 1. The first-order valence-corrected chi connectivity index (χ1v) is 5.82. The van der Waals surface area contributed by atoms with E-state index in [0.29, 0.717) is 0 Å². The lowest BCUT2D eigenvalue weighted by atomic mass is 10.2. The lowest BCUT2D eigenvalue weighted by molar-refractivity contribution is -0.910. The number of quaternary nitrogens is 1. The Hall–Kier alpha value is -1.02. The molecule has 0 spiro atoms. The molecule has 0 radical (unpaired) electrons. The third-order valence-corrected chi connectivity index (χ3v) is 3.45. The van der Waals surface area contributed by atoms with Crippen molar-refractivity contribution in [2.24, 2.45) is 0 Å². The molecule has 0 unspecified atom stereocenters. The minimum atomic E-state index is 1.18. The maximum Gasteiger partial charge on any atom is 0.104 e. The normalized spacial score (nSPS) is 19.1. The molecular weight excluding hydrogens is 184 g/mol. The summed E-state index contributed by atoms with van der Waals surface area (Å²) >= 11 is 0. The van der Waals surface area contributed by atoms with Crippen LogP contribution in [0.1, 0.15) is 18.4 Å². The van der Waals surface area contributed by atoms with Crippen molar-refractivity contribution in [1.82, 2.24) is 0 Å². The second kappa shape index (κ2) is 4.23. The van der Waals surface area contributed by atoms with Gasteiger partial charge in [-0.2, -0.15) is 0 Å². The van der Waals surface area contributed by atoms with Crippen LogP contribution in [-0.4, -0.2) is 31.7 Å². The molecule has 0 atom stereocenters.